The largest absolute Gasteiger partial charge is 0.329 e. The first-order chi connectivity index (χ1) is 8.30. The summed E-state index contributed by atoms with van der Waals surface area (Å²) in [4.78, 5) is 1.42. The van der Waals surface area contributed by atoms with Crippen LogP contribution in [0.5, 0.6) is 0 Å². The monoisotopic (exact) mass is 252 g/mol. The molecule has 0 aliphatic heterocycles. The lowest BCUT2D eigenvalue weighted by Crippen LogP contribution is -2.57. The number of thiophene rings is 1. The first kappa shape index (κ1) is 13.1. The molecule has 0 aromatic carbocycles. The van der Waals surface area contributed by atoms with Crippen LogP contribution in [0.15, 0.2) is 17.5 Å². The quantitative estimate of drug-likeness (QED) is 0.845. The van der Waals surface area contributed by atoms with Gasteiger partial charge in [-0.1, -0.05) is 32.3 Å². The van der Waals surface area contributed by atoms with Gasteiger partial charge in [-0.25, -0.2) is 0 Å². The van der Waals surface area contributed by atoms with Crippen LogP contribution < -0.4 is 11.1 Å². The van der Waals surface area contributed by atoms with Crippen molar-refractivity contribution in [2.75, 3.05) is 6.54 Å². The molecular formula is C14H24N2S. The summed E-state index contributed by atoms with van der Waals surface area (Å²) in [7, 11) is 0. The molecule has 0 bridgehead atoms. The average molecular weight is 252 g/mol. The lowest BCUT2D eigenvalue weighted by atomic mass is 9.71. The van der Waals surface area contributed by atoms with Gasteiger partial charge in [0.25, 0.3) is 0 Å². The van der Waals surface area contributed by atoms with Gasteiger partial charge in [-0.2, -0.15) is 0 Å². The van der Waals surface area contributed by atoms with E-state index in [1.165, 1.54) is 37.0 Å². The summed E-state index contributed by atoms with van der Waals surface area (Å²) in [6.45, 7) is 4.05. The second-order valence-corrected chi connectivity index (χ2v) is 6.18. The predicted molar refractivity (Wildman–Crippen MR) is 75.2 cm³/mol. The Kier molecular flexibility index (Phi) is 4.60. The van der Waals surface area contributed by atoms with Crippen molar-refractivity contribution in [2.45, 2.75) is 51.1 Å². The molecule has 1 aliphatic carbocycles. The van der Waals surface area contributed by atoms with E-state index in [2.05, 4.69) is 29.8 Å². The standard InChI is InChI=1S/C14H24N2S/c1-2-12-6-3-4-8-14(12,11-15)16-10-13-7-5-9-17-13/h5,7,9,12,16H,2-4,6,8,10-11,15H2,1H3. The Morgan fingerprint density at radius 1 is 1.53 bits per heavy atom. The van der Waals surface area contributed by atoms with Crippen molar-refractivity contribution in [3.63, 3.8) is 0 Å². The molecule has 17 heavy (non-hydrogen) atoms. The highest BCUT2D eigenvalue weighted by atomic mass is 32.1. The molecule has 0 amide bonds. The summed E-state index contributed by atoms with van der Waals surface area (Å²) in [5.41, 5.74) is 6.28. The minimum Gasteiger partial charge on any atom is -0.329 e. The molecule has 3 heteroatoms. The van der Waals surface area contributed by atoms with Crippen molar-refractivity contribution in [2.24, 2.45) is 11.7 Å². The van der Waals surface area contributed by atoms with Crippen LogP contribution >= 0.6 is 11.3 Å². The van der Waals surface area contributed by atoms with Crippen LogP contribution in [0.3, 0.4) is 0 Å². The number of rotatable bonds is 5. The predicted octanol–water partition coefficient (Wildman–Crippen LogP) is 3.14. The summed E-state index contributed by atoms with van der Waals surface area (Å²) in [5.74, 6) is 0.751. The first-order valence-corrected chi connectivity index (χ1v) is 7.66. The van der Waals surface area contributed by atoms with Crippen LogP contribution in [0.2, 0.25) is 0 Å². The van der Waals surface area contributed by atoms with Crippen molar-refractivity contribution in [1.29, 1.82) is 0 Å². The van der Waals surface area contributed by atoms with Gasteiger partial charge >= 0.3 is 0 Å². The van der Waals surface area contributed by atoms with E-state index in [9.17, 15) is 0 Å². The SMILES string of the molecule is CCC1CCCCC1(CN)NCc1cccs1. The number of nitrogens with two attached hydrogens (primary N) is 1. The maximum atomic E-state index is 6.08. The van der Waals surface area contributed by atoms with E-state index in [-0.39, 0.29) is 5.54 Å². The molecule has 1 aromatic heterocycles. The second-order valence-electron chi connectivity index (χ2n) is 5.14. The van der Waals surface area contributed by atoms with Crippen LogP contribution in [0.25, 0.3) is 0 Å². The molecule has 1 aromatic rings. The Bertz CT molecular complexity index is 323. The van der Waals surface area contributed by atoms with E-state index in [1.54, 1.807) is 0 Å². The van der Waals surface area contributed by atoms with Crippen LogP contribution in [0, 0.1) is 5.92 Å². The second kappa shape index (κ2) is 5.98. The van der Waals surface area contributed by atoms with Gasteiger partial charge in [0.2, 0.25) is 0 Å². The molecular weight excluding hydrogens is 228 g/mol. The molecule has 96 valence electrons. The van der Waals surface area contributed by atoms with Gasteiger partial charge in [0.1, 0.15) is 0 Å². The van der Waals surface area contributed by atoms with E-state index in [0.717, 1.165) is 19.0 Å². The summed E-state index contributed by atoms with van der Waals surface area (Å²) < 4.78 is 0. The van der Waals surface area contributed by atoms with Crippen LogP contribution in [0.4, 0.5) is 0 Å². The van der Waals surface area contributed by atoms with E-state index >= 15 is 0 Å². The topological polar surface area (TPSA) is 38.0 Å². The zero-order chi connectivity index (χ0) is 12.1. The molecule has 0 spiro atoms. The highest BCUT2D eigenvalue weighted by Crippen LogP contribution is 2.35. The van der Waals surface area contributed by atoms with Crippen LogP contribution in [-0.4, -0.2) is 12.1 Å². The summed E-state index contributed by atoms with van der Waals surface area (Å²) in [6, 6.07) is 4.32. The third-order valence-electron chi connectivity index (χ3n) is 4.26. The third-order valence-corrected chi connectivity index (χ3v) is 5.14. The van der Waals surface area contributed by atoms with Crippen molar-refractivity contribution < 1.29 is 0 Å². The third kappa shape index (κ3) is 2.90. The number of nitrogens with one attached hydrogen (secondary N) is 1. The number of hydrogen-bond acceptors (Lipinski definition) is 3. The van der Waals surface area contributed by atoms with E-state index in [1.807, 2.05) is 11.3 Å². The molecule has 2 nitrogen and oxygen atoms in total. The maximum Gasteiger partial charge on any atom is 0.0335 e. The zero-order valence-electron chi connectivity index (χ0n) is 10.7. The minimum absolute atomic E-state index is 0.191. The fourth-order valence-corrected chi connectivity index (χ4v) is 3.80. The Hall–Kier alpha value is -0.380. The van der Waals surface area contributed by atoms with Gasteiger partial charge in [0.05, 0.1) is 0 Å². The molecule has 1 saturated carbocycles. The fourth-order valence-electron chi connectivity index (χ4n) is 3.16. The van der Waals surface area contributed by atoms with Crippen molar-refractivity contribution in [3.8, 4) is 0 Å². The van der Waals surface area contributed by atoms with Gasteiger partial charge in [0.15, 0.2) is 0 Å². The molecule has 1 aliphatic rings. The van der Waals surface area contributed by atoms with Crippen LogP contribution in [0.1, 0.15) is 43.9 Å². The maximum absolute atomic E-state index is 6.08. The van der Waals surface area contributed by atoms with Crippen LogP contribution in [-0.2, 0) is 6.54 Å². The van der Waals surface area contributed by atoms with Crippen molar-refractivity contribution in [1.82, 2.24) is 5.32 Å². The van der Waals surface area contributed by atoms with Gasteiger partial charge in [-0.05, 0) is 30.2 Å². The van der Waals surface area contributed by atoms with Gasteiger partial charge in [0, 0.05) is 23.5 Å². The smallest absolute Gasteiger partial charge is 0.0335 e. The molecule has 3 N–H and O–H groups in total. The summed E-state index contributed by atoms with van der Waals surface area (Å²) in [5, 5.41) is 5.92. The van der Waals surface area contributed by atoms with Gasteiger partial charge in [-0.15, -0.1) is 11.3 Å². The molecule has 2 unspecified atom stereocenters. The summed E-state index contributed by atoms with van der Waals surface area (Å²) >= 11 is 1.83. The Morgan fingerprint density at radius 3 is 3.06 bits per heavy atom. The molecule has 2 atom stereocenters. The Balaban J connectivity index is 2.01. The van der Waals surface area contributed by atoms with E-state index in [4.69, 9.17) is 5.73 Å². The summed E-state index contributed by atoms with van der Waals surface area (Å²) in [6.07, 6.45) is 6.53. The fraction of sp³-hybridized carbons (Fsp3) is 0.714. The first-order valence-electron chi connectivity index (χ1n) is 6.78. The normalized spacial score (nSPS) is 29.4. The molecule has 0 saturated heterocycles. The molecule has 0 radical (unpaired) electrons. The number of hydrogen-bond donors (Lipinski definition) is 2. The van der Waals surface area contributed by atoms with Crippen molar-refractivity contribution in [3.05, 3.63) is 22.4 Å². The zero-order valence-corrected chi connectivity index (χ0v) is 11.6. The highest BCUT2D eigenvalue weighted by molar-refractivity contribution is 7.09. The van der Waals surface area contributed by atoms with Crippen molar-refractivity contribution >= 4 is 11.3 Å². The van der Waals surface area contributed by atoms with E-state index < -0.39 is 0 Å². The lowest BCUT2D eigenvalue weighted by molar-refractivity contribution is 0.142. The molecule has 1 heterocycles. The molecule has 2 rings (SSSR count). The minimum atomic E-state index is 0.191. The lowest BCUT2D eigenvalue weighted by Gasteiger charge is -2.44. The van der Waals surface area contributed by atoms with Gasteiger partial charge < -0.3 is 11.1 Å². The molecule has 1 fully saturated rings. The highest BCUT2D eigenvalue weighted by Gasteiger charge is 2.37. The Labute approximate surface area is 109 Å². The Morgan fingerprint density at radius 2 is 2.41 bits per heavy atom. The van der Waals surface area contributed by atoms with E-state index in [0.29, 0.717) is 0 Å². The van der Waals surface area contributed by atoms with Gasteiger partial charge in [-0.3, -0.25) is 0 Å². The average Bonchev–Trinajstić information content (AvgIpc) is 2.89.